The second-order valence-corrected chi connectivity index (χ2v) is 6.38. The van der Waals surface area contributed by atoms with Gasteiger partial charge in [-0.3, -0.25) is 5.32 Å². The van der Waals surface area contributed by atoms with Crippen LogP contribution in [0.2, 0.25) is 0 Å². The van der Waals surface area contributed by atoms with Crippen LogP contribution < -0.4 is 5.32 Å². The van der Waals surface area contributed by atoms with Crippen LogP contribution in [0.3, 0.4) is 0 Å². The molecule has 2 aliphatic rings. The lowest BCUT2D eigenvalue weighted by Gasteiger charge is -2.41. The molecule has 1 spiro atoms. The molecule has 0 atom stereocenters. The van der Waals surface area contributed by atoms with Crippen LogP contribution in [-0.4, -0.2) is 6.09 Å². The first kappa shape index (κ1) is 15.6. The molecule has 0 radical (unpaired) electrons. The highest BCUT2D eigenvalue weighted by Crippen LogP contribution is 2.46. The summed E-state index contributed by atoms with van der Waals surface area (Å²) in [5, 5.41) is 11.8. The molecule has 1 aliphatic carbocycles. The van der Waals surface area contributed by atoms with Crippen LogP contribution in [0.4, 0.5) is 10.5 Å². The van der Waals surface area contributed by atoms with E-state index in [1.807, 2.05) is 12.1 Å². The van der Waals surface area contributed by atoms with Crippen molar-refractivity contribution in [2.45, 2.75) is 57.5 Å². The molecule has 1 aliphatic heterocycles. The van der Waals surface area contributed by atoms with E-state index < -0.39 is 5.60 Å². The van der Waals surface area contributed by atoms with Crippen LogP contribution in [0.15, 0.2) is 24.3 Å². The first-order valence-corrected chi connectivity index (χ1v) is 8.42. The second-order valence-electron chi connectivity index (χ2n) is 6.38. The Balaban J connectivity index is 2.06. The van der Waals surface area contributed by atoms with Gasteiger partial charge in [-0.05, 0) is 55.4 Å². The lowest BCUT2D eigenvalue weighted by atomic mass is 9.77. The largest absolute Gasteiger partial charge is 0.438 e. The lowest BCUT2D eigenvalue weighted by Crippen LogP contribution is -2.41. The number of hydrogen-bond donors (Lipinski definition) is 1. The van der Waals surface area contributed by atoms with Crippen molar-refractivity contribution in [2.75, 3.05) is 5.32 Å². The Hall–Kier alpha value is -2.28. The Morgan fingerprint density at radius 2 is 2.17 bits per heavy atom. The molecular formula is C19H22N2O2. The van der Waals surface area contributed by atoms with E-state index in [9.17, 15) is 4.79 Å². The van der Waals surface area contributed by atoms with Gasteiger partial charge in [-0.15, -0.1) is 0 Å². The number of rotatable bonds is 3. The van der Waals surface area contributed by atoms with Crippen molar-refractivity contribution in [3.8, 4) is 6.07 Å². The van der Waals surface area contributed by atoms with Crippen LogP contribution in [0.25, 0.3) is 5.57 Å². The Morgan fingerprint density at radius 3 is 2.87 bits per heavy atom. The minimum Gasteiger partial charge on any atom is -0.438 e. The van der Waals surface area contributed by atoms with Crippen LogP contribution in [-0.2, 0) is 10.3 Å². The Kier molecular flexibility index (Phi) is 4.38. The number of amides is 1. The van der Waals surface area contributed by atoms with Gasteiger partial charge in [0.05, 0.1) is 11.8 Å². The maximum Gasteiger partial charge on any atom is 0.412 e. The predicted octanol–water partition coefficient (Wildman–Crippen LogP) is 5.12. The normalized spacial score (nSPS) is 19.5. The predicted molar refractivity (Wildman–Crippen MR) is 89.8 cm³/mol. The highest BCUT2D eigenvalue weighted by molar-refractivity contribution is 5.89. The van der Waals surface area contributed by atoms with Crippen molar-refractivity contribution in [1.82, 2.24) is 0 Å². The molecule has 120 valence electrons. The fourth-order valence-corrected chi connectivity index (χ4v) is 3.74. The van der Waals surface area contributed by atoms with E-state index in [1.165, 1.54) is 6.42 Å². The average Bonchev–Trinajstić information content (AvgIpc) is 2.55. The third-order valence-corrected chi connectivity index (χ3v) is 4.83. The van der Waals surface area contributed by atoms with Gasteiger partial charge < -0.3 is 4.74 Å². The van der Waals surface area contributed by atoms with Crippen molar-refractivity contribution in [1.29, 1.82) is 5.26 Å². The molecular weight excluding hydrogens is 288 g/mol. The molecule has 0 unspecified atom stereocenters. The van der Waals surface area contributed by atoms with Crippen molar-refractivity contribution in [2.24, 2.45) is 0 Å². The van der Waals surface area contributed by atoms with Crippen LogP contribution >= 0.6 is 0 Å². The monoisotopic (exact) mass is 310 g/mol. The minimum atomic E-state index is -0.490. The summed E-state index contributed by atoms with van der Waals surface area (Å²) in [6, 6.07) is 8.19. The number of carbonyl (C=O) groups excluding carboxylic acids is 1. The minimum absolute atomic E-state index is 0.353. The summed E-state index contributed by atoms with van der Waals surface area (Å²) in [4.78, 5) is 11.9. The summed E-state index contributed by atoms with van der Waals surface area (Å²) in [5.41, 5.74) is 3.52. The van der Waals surface area contributed by atoms with Crippen LogP contribution in [0, 0.1) is 11.3 Å². The molecule has 1 fully saturated rings. The maximum atomic E-state index is 11.9. The number of allylic oxidation sites excluding steroid dienone is 2. The quantitative estimate of drug-likeness (QED) is 0.789. The number of benzene rings is 1. The van der Waals surface area contributed by atoms with Gasteiger partial charge >= 0.3 is 6.09 Å². The first-order chi connectivity index (χ1) is 11.2. The van der Waals surface area contributed by atoms with E-state index in [4.69, 9.17) is 10.00 Å². The summed E-state index contributed by atoms with van der Waals surface area (Å²) in [7, 11) is 0. The average molecular weight is 310 g/mol. The topological polar surface area (TPSA) is 62.1 Å². The first-order valence-electron chi connectivity index (χ1n) is 8.42. The van der Waals surface area contributed by atoms with E-state index in [0.29, 0.717) is 0 Å². The van der Waals surface area contributed by atoms with Crippen molar-refractivity contribution >= 4 is 17.4 Å². The summed E-state index contributed by atoms with van der Waals surface area (Å²) in [6.07, 6.45) is 8.23. The van der Waals surface area contributed by atoms with Gasteiger partial charge in [-0.25, -0.2) is 4.79 Å². The zero-order chi connectivity index (χ0) is 16.3. The number of nitriles is 1. The van der Waals surface area contributed by atoms with Gasteiger partial charge in [0.1, 0.15) is 5.60 Å². The number of ether oxygens (including phenoxy) is 1. The molecule has 1 saturated carbocycles. The number of nitrogens with zero attached hydrogens (tertiary/aromatic N) is 1. The highest BCUT2D eigenvalue weighted by Gasteiger charge is 2.42. The zero-order valence-electron chi connectivity index (χ0n) is 13.5. The van der Waals surface area contributed by atoms with Gasteiger partial charge in [0.25, 0.3) is 0 Å². The standard InChI is InChI=1S/C19H22N2O2/c1-2-6-14(9-12-20)15-7-8-17-16(13-15)19(23-18(22)21-17)10-4-3-5-11-19/h7-9,13H,2-6,10-11H2,1H3,(H,21,22). The van der Waals surface area contributed by atoms with Gasteiger partial charge in [0, 0.05) is 11.6 Å². The zero-order valence-corrected chi connectivity index (χ0v) is 13.5. The Bertz CT molecular complexity index is 679. The molecule has 1 amide bonds. The van der Waals surface area contributed by atoms with Crippen molar-refractivity contribution < 1.29 is 9.53 Å². The smallest absolute Gasteiger partial charge is 0.412 e. The highest BCUT2D eigenvalue weighted by atomic mass is 16.6. The molecule has 0 aromatic heterocycles. The summed E-state index contributed by atoms with van der Waals surface area (Å²) >= 11 is 0. The number of nitrogens with one attached hydrogen (secondary N) is 1. The van der Waals surface area contributed by atoms with E-state index in [0.717, 1.165) is 60.9 Å². The van der Waals surface area contributed by atoms with E-state index in [2.05, 4.69) is 24.4 Å². The SMILES string of the molecule is CCCC(=CC#N)c1ccc2c(c1)C1(CCCCC1)OC(=O)N2. The van der Waals surface area contributed by atoms with Gasteiger partial charge in [0.15, 0.2) is 0 Å². The molecule has 1 aromatic rings. The fraction of sp³-hybridized carbons (Fsp3) is 0.474. The summed E-state index contributed by atoms with van der Waals surface area (Å²) < 4.78 is 5.76. The lowest BCUT2D eigenvalue weighted by molar-refractivity contribution is -0.0179. The summed E-state index contributed by atoms with van der Waals surface area (Å²) in [6.45, 7) is 2.11. The van der Waals surface area contributed by atoms with E-state index >= 15 is 0 Å². The summed E-state index contributed by atoms with van der Waals surface area (Å²) in [5.74, 6) is 0. The van der Waals surface area contributed by atoms with Crippen molar-refractivity contribution in [3.05, 3.63) is 35.4 Å². The van der Waals surface area contributed by atoms with Crippen molar-refractivity contribution in [3.63, 3.8) is 0 Å². The third-order valence-electron chi connectivity index (χ3n) is 4.83. The molecule has 0 saturated heterocycles. The van der Waals surface area contributed by atoms with Gasteiger partial charge in [-0.1, -0.05) is 25.8 Å². The second kappa shape index (κ2) is 6.45. The van der Waals surface area contributed by atoms with Gasteiger partial charge in [0.2, 0.25) is 0 Å². The molecule has 1 N–H and O–H groups in total. The number of anilines is 1. The molecule has 4 heteroatoms. The molecule has 1 heterocycles. The fourth-order valence-electron chi connectivity index (χ4n) is 3.74. The van der Waals surface area contributed by atoms with Gasteiger partial charge in [-0.2, -0.15) is 5.26 Å². The maximum absolute atomic E-state index is 11.9. The number of hydrogen-bond acceptors (Lipinski definition) is 3. The third kappa shape index (κ3) is 2.96. The Morgan fingerprint density at radius 1 is 1.39 bits per heavy atom. The molecule has 4 nitrogen and oxygen atoms in total. The van der Waals surface area contributed by atoms with Crippen LogP contribution in [0.1, 0.15) is 63.0 Å². The molecule has 23 heavy (non-hydrogen) atoms. The molecule has 1 aromatic carbocycles. The molecule has 0 bridgehead atoms. The molecule has 3 rings (SSSR count). The number of fused-ring (bicyclic) bond motifs is 2. The Labute approximate surface area is 137 Å². The number of carbonyl (C=O) groups is 1. The van der Waals surface area contributed by atoms with E-state index in [1.54, 1.807) is 6.08 Å². The van der Waals surface area contributed by atoms with E-state index in [-0.39, 0.29) is 6.09 Å². The van der Waals surface area contributed by atoms with Crippen LogP contribution in [0.5, 0.6) is 0 Å².